The van der Waals surface area contributed by atoms with Gasteiger partial charge in [0.2, 0.25) is 0 Å². The van der Waals surface area contributed by atoms with Gasteiger partial charge in [-0.2, -0.15) is 0 Å². The van der Waals surface area contributed by atoms with Crippen molar-refractivity contribution in [2.75, 3.05) is 6.54 Å². The summed E-state index contributed by atoms with van der Waals surface area (Å²) in [6.45, 7) is 6.78. The molecule has 0 aliphatic heterocycles. The summed E-state index contributed by atoms with van der Waals surface area (Å²) in [6.07, 6.45) is 4.84. The molecule has 28 heavy (non-hydrogen) atoms. The molecule has 2 rings (SSSR count). The van der Waals surface area contributed by atoms with Gasteiger partial charge in [0, 0.05) is 31.4 Å². The number of nitrogens with zero attached hydrogens (tertiary/aromatic N) is 2. The Morgan fingerprint density at radius 2 is 1.93 bits per heavy atom. The van der Waals surface area contributed by atoms with E-state index in [1.807, 2.05) is 11.5 Å². The van der Waals surface area contributed by atoms with Gasteiger partial charge in [-0.05, 0) is 37.0 Å². The van der Waals surface area contributed by atoms with Crippen molar-refractivity contribution >= 4 is 11.9 Å². The lowest BCUT2D eigenvalue weighted by molar-refractivity contribution is -0.143. The van der Waals surface area contributed by atoms with Crippen LogP contribution >= 0.6 is 0 Å². The van der Waals surface area contributed by atoms with Crippen LogP contribution in [-0.2, 0) is 22.6 Å². The Balaban J connectivity index is 2.07. The second kappa shape index (κ2) is 10.0. The molecular formula is C21H29N3O4. The third-order valence-electron chi connectivity index (χ3n) is 5.03. The third kappa shape index (κ3) is 5.92. The van der Waals surface area contributed by atoms with Crippen LogP contribution in [0, 0.1) is 19.8 Å². The predicted octanol–water partition coefficient (Wildman–Crippen LogP) is 2.63. The number of rotatable bonds is 11. The molecule has 2 atom stereocenters. The van der Waals surface area contributed by atoms with E-state index in [4.69, 9.17) is 0 Å². The average molecular weight is 387 g/mol. The molecule has 0 radical (unpaired) electrons. The summed E-state index contributed by atoms with van der Waals surface area (Å²) in [5.74, 6) is -2.50. The van der Waals surface area contributed by atoms with Gasteiger partial charge in [0.25, 0.3) is 0 Å². The first-order valence-electron chi connectivity index (χ1n) is 9.56. The summed E-state index contributed by atoms with van der Waals surface area (Å²) < 4.78 is 1.93. The molecule has 0 fully saturated rings. The van der Waals surface area contributed by atoms with Crippen LogP contribution in [-0.4, -0.2) is 44.3 Å². The first-order valence-corrected chi connectivity index (χ1v) is 9.56. The van der Waals surface area contributed by atoms with Gasteiger partial charge in [0.15, 0.2) is 0 Å². The minimum atomic E-state index is -1.00. The van der Waals surface area contributed by atoms with Crippen molar-refractivity contribution in [1.29, 1.82) is 0 Å². The van der Waals surface area contributed by atoms with E-state index in [0.29, 0.717) is 13.0 Å². The first-order chi connectivity index (χ1) is 13.3. The van der Waals surface area contributed by atoms with Gasteiger partial charge in [-0.1, -0.05) is 31.5 Å². The van der Waals surface area contributed by atoms with Crippen molar-refractivity contribution in [3.8, 4) is 0 Å². The van der Waals surface area contributed by atoms with Gasteiger partial charge in [-0.3, -0.25) is 9.59 Å². The summed E-state index contributed by atoms with van der Waals surface area (Å²) in [7, 11) is 0. The number of benzene rings is 1. The van der Waals surface area contributed by atoms with Crippen LogP contribution in [0.5, 0.6) is 0 Å². The number of hydrogen-bond donors (Lipinski definition) is 3. The highest BCUT2D eigenvalue weighted by Gasteiger charge is 2.23. The van der Waals surface area contributed by atoms with E-state index in [9.17, 15) is 19.8 Å². The number of carbonyl (C=O) groups is 2. The molecule has 0 aliphatic carbocycles. The lowest BCUT2D eigenvalue weighted by Crippen LogP contribution is -2.42. The van der Waals surface area contributed by atoms with E-state index in [2.05, 4.69) is 42.3 Å². The normalized spacial score (nSPS) is 13.2. The fraction of sp³-hybridized carbons (Fsp3) is 0.476. The molecule has 7 nitrogen and oxygen atoms in total. The number of aryl methyl sites for hydroxylation is 2. The van der Waals surface area contributed by atoms with Gasteiger partial charge in [0.05, 0.1) is 12.2 Å². The fourth-order valence-electron chi connectivity index (χ4n) is 3.16. The second-order valence-electron chi connectivity index (χ2n) is 7.26. The van der Waals surface area contributed by atoms with Crippen LogP contribution in [0.15, 0.2) is 30.7 Å². The van der Waals surface area contributed by atoms with Gasteiger partial charge < -0.3 is 20.1 Å². The number of nitrogens with one attached hydrogen (secondary N) is 1. The zero-order valence-electron chi connectivity index (χ0n) is 16.7. The van der Waals surface area contributed by atoms with Crippen molar-refractivity contribution in [2.45, 2.75) is 52.6 Å². The Morgan fingerprint density at radius 1 is 1.18 bits per heavy atom. The molecule has 0 spiro atoms. The number of carboxylic acid groups (broad SMARTS) is 2. The van der Waals surface area contributed by atoms with Crippen LogP contribution in [0.2, 0.25) is 0 Å². The molecule has 152 valence electrons. The van der Waals surface area contributed by atoms with Gasteiger partial charge in [-0.15, -0.1) is 0 Å². The van der Waals surface area contributed by atoms with Crippen molar-refractivity contribution in [2.24, 2.45) is 5.92 Å². The molecule has 7 heteroatoms. The maximum atomic E-state index is 11.7. The number of aromatic nitrogens is 2. The van der Waals surface area contributed by atoms with Crippen molar-refractivity contribution < 1.29 is 19.8 Å². The van der Waals surface area contributed by atoms with Gasteiger partial charge in [0.1, 0.15) is 6.04 Å². The molecular weight excluding hydrogens is 358 g/mol. The maximum absolute atomic E-state index is 11.7. The second-order valence-corrected chi connectivity index (χ2v) is 7.26. The average Bonchev–Trinajstić information content (AvgIpc) is 3.06. The highest BCUT2D eigenvalue weighted by molar-refractivity contribution is 5.74. The van der Waals surface area contributed by atoms with Crippen molar-refractivity contribution in [3.05, 3.63) is 53.1 Å². The number of hydrogen-bond acceptors (Lipinski definition) is 4. The molecule has 0 amide bonds. The molecule has 2 unspecified atom stereocenters. The topological polar surface area (TPSA) is 104 Å². The Morgan fingerprint density at radius 3 is 2.54 bits per heavy atom. The van der Waals surface area contributed by atoms with E-state index < -0.39 is 23.9 Å². The Bertz CT molecular complexity index is 816. The standard InChI is InChI=1S/C21H29N3O4/c1-4-5-17(20(25)26)10-23-19(21(27)28)9-18-11-22-13-24(18)12-16-7-6-14(2)15(3)8-16/h6-8,11,13,17,19,23H,4-5,9-10,12H2,1-3H3,(H,25,26)(H,27,28). The molecule has 0 saturated carbocycles. The summed E-state index contributed by atoms with van der Waals surface area (Å²) in [6, 6.07) is 5.38. The van der Waals surface area contributed by atoms with Crippen LogP contribution in [0.1, 0.15) is 42.1 Å². The van der Waals surface area contributed by atoms with Crippen molar-refractivity contribution in [3.63, 3.8) is 0 Å². The quantitative estimate of drug-likeness (QED) is 0.547. The van der Waals surface area contributed by atoms with Crippen LogP contribution in [0.3, 0.4) is 0 Å². The number of carboxylic acids is 2. The predicted molar refractivity (Wildman–Crippen MR) is 106 cm³/mol. The molecule has 1 aromatic carbocycles. The largest absolute Gasteiger partial charge is 0.481 e. The minimum Gasteiger partial charge on any atom is -0.481 e. The molecule has 0 saturated heterocycles. The summed E-state index contributed by atoms with van der Waals surface area (Å²) in [4.78, 5) is 27.1. The Kier molecular flexibility index (Phi) is 7.75. The lowest BCUT2D eigenvalue weighted by Gasteiger charge is -2.19. The monoisotopic (exact) mass is 387 g/mol. The fourth-order valence-corrected chi connectivity index (χ4v) is 3.16. The van der Waals surface area contributed by atoms with E-state index >= 15 is 0 Å². The van der Waals surface area contributed by atoms with E-state index in [-0.39, 0.29) is 13.0 Å². The van der Waals surface area contributed by atoms with E-state index in [0.717, 1.165) is 17.7 Å². The zero-order valence-corrected chi connectivity index (χ0v) is 16.7. The summed E-state index contributed by atoms with van der Waals surface area (Å²) in [5, 5.41) is 21.7. The maximum Gasteiger partial charge on any atom is 0.321 e. The Labute approximate surface area is 165 Å². The number of imidazole rings is 1. The lowest BCUT2D eigenvalue weighted by atomic mass is 10.0. The third-order valence-corrected chi connectivity index (χ3v) is 5.03. The SMILES string of the molecule is CCCC(CNC(Cc1cncn1Cc1ccc(C)c(C)c1)C(=O)O)C(=O)O. The smallest absolute Gasteiger partial charge is 0.321 e. The van der Waals surface area contributed by atoms with E-state index in [1.54, 1.807) is 12.5 Å². The number of aliphatic carboxylic acids is 2. The highest BCUT2D eigenvalue weighted by atomic mass is 16.4. The molecule has 1 heterocycles. The van der Waals surface area contributed by atoms with Gasteiger partial charge >= 0.3 is 11.9 Å². The summed E-state index contributed by atoms with van der Waals surface area (Å²) in [5.41, 5.74) is 4.35. The van der Waals surface area contributed by atoms with Crippen LogP contribution in [0.4, 0.5) is 0 Å². The highest BCUT2D eigenvalue weighted by Crippen LogP contribution is 2.14. The van der Waals surface area contributed by atoms with Gasteiger partial charge in [-0.25, -0.2) is 4.98 Å². The van der Waals surface area contributed by atoms with E-state index in [1.165, 1.54) is 11.1 Å². The van der Waals surface area contributed by atoms with Crippen molar-refractivity contribution in [1.82, 2.24) is 14.9 Å². The zero-order chi connectivity index (χ0) is 20.7. The molecule has 1 aromatic heterocycles. The Hall–Kier alpha value is -2.67. The first kappa shape index (κ1) is 21.6. The molecule has 2 aromatic rings. The summed E-state index contributed by atoms with van der Waals surface area (Å²) >= 11 is 0. The van der Waals surface area contributed by atoms with Crippen LogP contribution < -0.4 is 5.32 Å². The molecule has 3 N–H and O–H groups in total. The molecule has 0 aliphatic rings. The van der Waals surface area contributed by atoms with Crippen LogP contribution in [0.25, 0.3) is 0 Å². The minimum absolute atomic E-state index is 0.130. The molecule has 0 bridgehead atoms.